The molecule has 78 valence electrons. The summed E-state index contributed by atoms with van der Waals surface area (Å²) in [5, 5.41) is 0. The number of aryl methyl sites for hydroxylation is 1. The molecule has 0 radical (unpaired) electrons. The molecule has 0 unspecified atom stereocenters. The van der Waals surface area contributed by atoms with Crippen molar-refractivity contribution in [2.24, 2.45) is 4.99 Å². The van der Waals surface area contributed by atoms with Crippen LogP contribution >= 0.6 is 0 Å². The van der Waals surface area contributed by atoms with Crippen molar-refractivity contribution in [1.29, 1.82) is 0 Å². The number of hydrogen-bond acceptors (Lipinski definition) is 1. The molecule has 0 aliphatic heterocycles. The van der Waals surface area contributed by atoms with Crippen molar-refractivity contribution in [2.75, 3.05) is 0 Å². The van der Waals surface area contributed by atoms with Gasteiger partial charge in [0.15, 0.2) is 0 Å². The van der Waals surface area contributed by atoms with Gasteiger partial charge in [0.25, 0.3) is 0 Å². The second-order valence-electron chi connectivity index (χ2n) is 3.25. The standard InChI is InChI=1S/C14H17N/c1-4-6-11-14(15-3)13-10-8-7-9-12(13)5-2/h4,6-11H,3,5H2,1-2H3/b6-4-,14-11-. The Bertz CT molecular complexity index is 386. The van der Waals surface area contributed by atoms with Gasteiger partial charge in [-0.15, -0.1) is 0 Å². The summed E-state index contributed by atoms with van der Waals surface area (Å²) in [7, 11) is 0. The molecule has 0 aromatic heterocycles. The van der Waals surface area contributed by atoms with E-state index < -0.39 is 0 Å². The Morgan fingerprint density at radius 2 is 2.13 bits per heavy atom. The first-order valence-corrected chi connectivity index (χ1v) is 5.21. The first-order valence-electron chi connectivity index (χ1n) is 5.21. The fourth-order valence-corrected chi connectivity index (χ4v) is 1.49. The Labute approximate surface area is 91.9 Å². The van der Waals surface area contributed by atoms with Gasteiger partial charge < -0.3 is 0 Å². The third-order valence-electron chi connectivity index (χ3n) is 2.29. The lowest BCUT2D eigenvalue weighted by atomic mass is 10.0. The van der Waals surface area contributed by atoms with Crippen LogP contribution in [0.5, 0.6) is 0 Å². The minimum atomic E-state index is 0.936. The summed E-state index contributed by atoms with van der Waals surface area (Å²) in [6.45, 7) is 7.75. The summed E-state index contributed by atoms with van der Waals surface area (Å²) in [5.74, 6) is 0. The van der Waals surface area contributed by atoms with Crippen molar-refractivity contribution >= 4 is 12.4 Å². The number of hydrogen-bond donors (Lipinski definition) is 0. The van der Waals surface area contributed by atoms with Crippen LogP contribution in [0.25, 0.3) is 5.70 Å². The summed E-state index contributed by atoms with van der Waals surface area (Å²) in [6, 6.07) is 8.30. The Hall–Kier alpha value is -1.63. The van der Waals surface area contributed by atoms with Crippen molar-refractivity contribution in [3.8, 4) is 0 Å². The predicted molar refractivity (Wildman–Crippen MR) is 68.2 cm³/mol. The molecule has 0 atom stereocenters. The summed E-state index contributed by atoms with van der Waals surface area (Å²) >= 11 is 0. The summed E-state index contributed by atoms with van der Waals surface area (Å²) in [5.41, 5.74) is 3.42. The maximum atomic E-state index is 4.06. The highest BCUT2D eigenvalue weighted by molar-refractivity contribution is 5.71. The number of benzene rings is 1. The van der Waals surface area contributed by atoms with E-state index in [1.807, 2.05) is 31.2 Å². The second-order valence-corrected chi connectivity index (χ2v) is 3.25. The van der Waals surface area contributed by atoms with Gasteiger partial charge in [0.2, 0.25) is 0 Å². The van der Waals surface area contributed by atoms with E-state index in [9.17, 15) is 0 Å². The molecule has 1 heteroatoms. The van der Waals surface area contributed by atoms with Crippen LogP contribution in [0.3, 0.4) is 0 Å². The zero-order valence-electron chi connectivity index (χ0n) is 9.40. The summed E-state index contributed by atoms with van der Waals surface area (Å²) in [4.78, 5) is 4.06. The maximum absolute atomic E-state index is 4.06. The van der Waals surface area contributed by atoms with Crippen LogP contribution in [0.1, 0.15) is 25.0 Å². The normalized spacial score (nSPS) is 12.0. The van der Waals surface area contributed by atoms with Crippen LogP contribution in [-0.2, 0) is 6.42 Å². The number of nitrogens with zero attached hydrogens (tertiary/aromatic N) is 1. The molecule has 0 fully saturated rings. The molecular weight excluding hydrogens is 182 g/mol. The molecule has 1 aromatic rings. The SMILES string of the molecule is C=N/C(=C\C=C/C)c1ccccc1CC. The molecule has 0 amide bonds. The quantitative estimate of drug-likeness (QED) is 0.515. The molecule has 1 aromatic carbocycles. The first-order chi connectivity index (χ1) is 7.33. The van der Waals surface area contributed by atoms with Gasteiger partial charge in [-0.05, 0) is 31.7 Å². The van der Waals surface area contributed by atoms with Crippen LogP contribution in [0.2, 0.25) is 0 Å². The zero-order valence-corrected chi connectivity index (χ0v) is 9.40. The average molecular weight is 199 g/mol. The fraction of sp³-hybridized carbons (Fsp3) is 0.214. The lowest BCUT2D eigenvalue weighted by Gasteiger charge is -2.06. The third kappa shape index (κ3) is 2.91. The van der Waals surface area contributed by atoms with E-state index in [-0.39, 0.29) is 0 Å². The molecule has 0 saturated heterocycles. The zero-order chi connectivity index (χ0) is 11.1. The van der Waals surface area contributed by atoms with Crippen LogP contribution in [0.15, 0.2) is 47.5 Å². The second kappa shape index (κ2) is 5.97. The van der Waals surface area contributed by atoms with Crippen molar-refractivity contribution in [2.45, 2.75) is 20.3 Å². The molecule has 0 saturated carbocycles. The van der Waals surface area contributed by atoms with Crippen molar-refractivity contribution in [3.63, 3.8) is 0 Å². The van der Waals surface area contributed by atoms with E-state index in [1.165, 1.54) is 11.1 Å². The van der Waals surface area contributed by atoms with Crippen LogP contribution in [0, 0.1) is 0 Å². The molecule has 0 aliphatic carbocycles. The minimum absolute atomic E-state index is 0.936. The molecule has 1 nitrogen and oxygen atoms in total. The van der Waals surface area contributed by atoms with Gasteiger partial charge in [0, 0.05) is 5.56 Å². The smallest absolute Gasteiger partial charge is 0.0697 e. The highest BCUT2D eigenvalue weighted by atomic mass is 14.7. The van der Waals surface area contributed by atoms with Gasteiger partial charge in [0.1, 0.15) is 0 Å². The number of aliphatic imine (C=N–C) groups is 1. The number of allylic oxidation sites excluding steroid dienone is 3. The molecule has 0 heterocycles. The van der Waals surface area contributed by atoms with Gasteiger partial charge in [0.05, 0.1) is 5.70 Å². The van der Waals surface area contributed by atoms with E-state index >= 15 is 0 Å². The lowest BCUT2D eigenvalue weighted by molar-refractivity contribution is 1.13. The molecule has 1 rings (SSSR count). The van der Waals surface area contributed by atoms with Crippen molar-refractivity contribution in [3.05, 3.63) is 53.6 Å². The molecule has 0 N–H and O–H groups in total. The molecule has 15 heavy (non-hydrogen) atoms. The molecule has 0 aliphatic rings. The van der Waals surface area contributed by atoms with E-state index in [0.29, 0.717) is 0 Å². The topological polar surface area (TPSA) is 12.4 Å². The van der Waals surface area contributed by atoms with Crippen molar-refractivity contribution < 1.29 is 0 Å². The largest absolute Gasteiger partial charge is 0.264 e. The van der Waals surface area contributed by atoms with Crippen molar-refractivity contribution in [1.82, 2.24) is 0 Å². The third-order valence-corrected chi connectivity index (χ3v) is 2.29. The van der Waals surface area contributed by atoms with Gasteiger partial charge in [-0.1, -0.05) is 43.3 Å². The fourth-order valence-electron chi connectivity index (χ4n) is 1.49. The minimum Gasteiger partial charge on any atom is -0.264 e. The summed E-state index contributed by atoms with van der Waals surface area (Å²) < 4.78 is 0. The van der Waals surface area contributed by atoms with Gasteiger partial charge in [-0.25, -0.2) is 0 Å². The van der Waals surface area contributed by atoms with Gasteiger partial charge >= 0.3 is 0 Å². The molecular formula is C14H17N. The Morgan fingerprint density at radius 1 is 1.40 bits per heavy atom. The lowest BCUT2D eigenvalue weighted by Crippen LogP contribution is -1.89. The average Bonchev–Trinajstić information content (AvgIpc) is 2.30. The van der Waals surface area contributed by atoms with Crippen LogP contribution in [-0.4, -0.2) is 6.72 Å². The Balaban J connectivity index is 3.17. The van der Waals surface area contributed by atoms with E-state index in [0.717, 1.165) is 12.1 Å². The van der Waals surface area contributed by atoms with Crippen LogP contribution in [0.4, 0.5) is 0 Å². The summed E-state index contributed by atoms with van der Waals surface area (Å²) in [6.07, 6.45) is 6.97. The highest BCUT2D eigenvalue weighted by Gasteiger charge is 2.02. The van der Waals surface area contributed by atoms with E-state index in [1.54, 1.807) is 0 Å². The highest BCUT2D eigenvalue weighted by Crippen LogP contribution is 2.20. The Morgan fingerprint density at radius 3 is 2.73 bits per heavy atom. The number of rotatable bonds is 4. The predicted octanol–water partition coefficient (Wildman–Crippen LogP) is 3.87. The monoisotopic (exact) mass is 199 g/mol. The van der Waals surface area contributed by atoms with Gasteiger partial charge in [-0.2, -0.15) is 0 Å². The van der Waals surface area contributed by atoms with E-state index in [2.05, 4.69) is 36.8 Å². The molecule has 0 spiro atoms. The first kappa shape index (κ1) is 11.4. The Kier molecular flexibility index (Phi) is 4.55. The maximum Gasteiger partial charge on any atom is 0.0697 e. The van der Waals surface area contributed by atoms with Crippen LogP contribution < -0.4 is 0 Å². The van der Waals surface area contributed by atoms with Gasteiger partial charge in [-0.3, -0.25) is 4.99 Å². The molecule has 0 bridgehead atoms. The van der Waals surface area contributed by atoms with E-state index in [4.69, 9.17) is 0 Å².